The highest BCUT2D eigenvalue weighted by atomic mass is 16.6. The first-order valence-electron chi connectivity index (χ1n) is 13.8. The second-order valence-electron chi connectivity index (χ2n) is 10.2. The zero-order chi connectivity index (χ0) is 27.8. The minimum atomic E-state index is -0.911. The maximum Gasteiger partial charge on any atom is 0.407 e. The largest absolute Gasteiger partial charge is 0.442 e. The van der Waals surface area contributed by atoms with Crippen molar-refractivity contribution in [1.82, 2.24) is 10.2 Å². The topological polar surface area (TPSA) is 71.0 Å². The number of cyclic esters (lactones) is 1. The maximum absolute atomic E-state index is 12.5. The van der Waals surface area contributed by atoms with Crippen LogP contribution in [-0.4, -0.2) is 54.0 Å². The number of nitrogens with one attached hydrogen (secondary N) is 1. The molecule has 206 valence electrons. The van der Waals surface area contributed by atoms with E-state index in [1.54, 1.807) is 0 Å². The lowest BCUT2D eigenvalue weighted by Crippen LogP contribution is -2.48. The molecule has 0 bridgehead atoms. The number of hydrogen-bond donors (Lipinski definition) is 2. The Morgan fingerprint density at radius 3 is 1.77 bits per heavy atom. The fourth-order valence-electron chi connectivity index (χ4n) is 5.37. The Morgan fingerprint density at radius 1 is 0.825 bits per heavy atom. The molecular formula is C34H36N2O4. The molecule has 6 nitrogen and oxygen atoms in total. The van der Waals surface area contributed by atoms with Gasteiger partial charge in [-0.05, 0) is 29.2 Å². The van der Waals surface area contributed by atoms with Gasteiger partial charge in [-0.15, -0.1) is 0 Å². The van der Waals surface area contributed by atoms with Crippen molar-refractivity contribution in [2.24, 2.45) is 0 Å². The molecule has 1 saturated heterocycles. The van der Waals surface area contributed by atoms with Crippen LogP contribution >= 0.6 is 0 Å². The van der Waals surface area contributed by atoms with Crippen LogP contribution in [-0.2, 0) is 21.6 Å². The van der Waals surface area contributed by atoms with E-state index in [9.17, 15) is 9.90 Å². The highest BCUT2D eigenvalue weighted by molar-refractivity contribution is 5.70. The number of aliphatic hydroxyl groups excluding tert-OH is 1. The molecule has 4 aromatic rings. The van der Waals surface area contributed by atoms with Gasteiger partial charge in [0, 0.05) is 19.1 Å². The average Bonchev–Trinajstić information content (AvgIpc) is 3.37. The highest BCUT2D eigenvalue weighted by Gasteiger charge is 2.42. The summed E-state index contributed by atoms with van der Waals surface area (Å²) >= 11 is 0. The van der Waals surface area contributed by atoms with E-state index in [4.69, 9.17) is 9.47 Å². The van der Waals surface area contributed by atoms with E-state index in [1.807, 2.05) is 79.7 Å². The minimum absolute atomic E-state index is 0.00859. The summed E-state index contributed by atoms with van der Waals surface area (Å²) in [4.78, 5) is 14.7. The number of aliphatic hydroxyl groups is 1. The van der Waals surface area contributed by atoms with E-state index in [0.717, 1.165) is 22.3 Å². The van der Waals surface area contributed by atoms with Crippen molar-refractivity contribution < 1.29 is 19.4 Å². The summed E-state index contributed by atoms with van der Waals surface area (Å²) in [6.45, 7) is 3.32. The summed E-state index contributed by atoms with van der Waals surface area (Å²) in [5, 5.41) is 13.0. The van der Waals surface area contributed by atoms with Gasteiger partial charge in [-0.2, -0.15) is 0 Å². The second kappa shape index (κ2) is 12.9. The summed E-state index contributed by atoms with van der Waals surface area (Å²) < 4.78 is 12.7. The van der Waals surface area contributed by atoms with Crippen molar-refractivity contribution >= 4 is 6.09 Å². The number of ether oxygens (including phenoxy) is 2. The summed E-state index contributed by atoms with van der Waals surface area (Å²) in [6, 6.07) is 40.2. The van der Waals surface area contributed by atoms with Crippen molar-refractivity contribution in [3.8, 4) is 0 Å². The number of nitrogens with zero attached hydrogens (tertiary/aromatic N) is 1. The Bertz CT molecular complexity index is 1240. The van der Waals surface area contributed by atoms with E-state index in [0.29, 0.717) is 13.1 Å². The number of hydrogen-bond acceptors (Lipinski definition) is 5. The van der Waals surface area contributed by atoms with Crippen LogP contribution in [0.5, 0.6) is 0 Å². The molecule has 1 aliphatic rings. The van der Waals surface area contributed by atoms with Gasteiger partial charge < -0.3 is 19.9 Å². The van der Waals surface area contributed by atoms with Crippen LogP contribution in [0.4, 0.5) is 4.79 Å². The van der Waals surface area contributed by atoms with E-state index >= 15 is 0 Å². The van der Waals surface area contributed by atoms with Gasteiger partial charge >= 0.3 is 6.09 Å². The fourth-order valence-corrected chi connectivity index (χ4v) is 5.37. The number of rotatable bonds is 12. The summed E-state index contributed by atoms with van der Waals surface area (Å²) in [5.41, 5.74) is 3.19. The van der Waals surface area contributed by atoms with Gasteiger partial charge in [0.25, 0.3) is 0 Å². The lowest BCUT2D eigenvalue weighted by atomic mass is 9.80. The predicted molar refractivity (Wildman–Crippen MR) is 156 cm³/mol. The molecule has 0 aromatic heterocycles. The molecule has 4 aromatic carbocycles. The molecule has 1 amide bonds. The molecule has 3 atom stereocenters. The average molecular weight is 537 g/mol. The first-order chi connectivity index (χ1) is 19.6. The van der Waals surface area contributed by atoms with Crippen LogP contribution in [0.25, 0.3) is 0 Å². The van der Waals surface area contributed by atoms with Crippen LogP contribution in [0.2, 0.25) is 0 Å². The van der Waals surface area contributed by atoms with Gasteiger partial charge in [-0.3, -0.25) is 4.90 Å². The molecule has 0 radical (unpaired) electrons. The van der Waals surface area contributed by atoms with Crippen molar-refractivity contribution in [3.63, 3.8) is 0 Å². The molecule has 40 heavy (non-hydrogen) atoms. The van der Waals surface area contributed by atoms with Gasteiger partial charge in [0.2, 0.25) is 0 Å². The fraction of sp³-hybridized carbons (Fsp3) is 0.265. The van der Waals surface area contributed by atoms with Crippen molar-refractivity contribution in [2.45, 2.75) is 37.3 Å². The third-order valence-electron chi connectivity index (χ3n) is 7.56. The lowest BCUT2D eigenvalue weighted by Gasteiger charge is -2.37. The zero-order valence-electron chi connectivity index (χ0n) is 22.7. The number of carbonyl (C=O) groups excluding carboxylic acids is 1. The standard InChI is InChI=1S/C34H36N2O4/c1-26(24-37)36(22-27-14-6-2-7-15-27)23-31-32(40-33(38)35-31)25-39-34(28-16-8-3-9-17-28,29-18-10-4-11-19-29)30-20-12-5-13-21-30/h2-21,26,31-32,37H,22-25H2,1H3,(H,35,38)/t26-,31-,32-/m1/s1. The van der Waals surface area contributed by atoms with Crippen molar-refractivity contribution in [1.29, 1.82) is 0 Å². The van der Waals surface area contributed by atoms with Crippen molar-refractivity contribution in [2.75, 3.05) is 19.8 Å². The van der Waals surface area contributed by atoms with E-state index in [-0.39, 0.29) is 25.3 Å². The number of amides is 1. The summed E-state index contributed by atoms with van der Waals surface area (Å²) in [7, 11) is 0. The number of alkyl carbamates (subject to hydrolysis) is 1. The third kappa shape index (κ3) is 6.10. The third-order valence-corrected chi connectivity index (χ3v) is 7.56. The lowest BCUT2D eigenvalue weighted by molar-refractivity contribution is -0.0397. The predicted octanol–water partition coefficient (Wildman–Crippen LogP) is 5.36. The van der Waals surface area contributed by atoms with Gasteiger partial charge in [-0.25, -0.2) is 4.79 Å². The Morgan fingerprint density at radius 2 is 1.30 bits per heavy atom. The maximum atomic E-state index is 12.5. The van der Waals surface area contributed by atoms with E-state index in [1.165, 1.54) is 0 Å². The molecule has 0 unspecified atom stereocenters. The van der Waals surface area contributed by atoms with Crippen molar-refractivity contribution in [3.05, 3.63) is 144 Å². The summed E-state index contributed by atoms with van der Waals surface area (Å²) in [6.07, 6.45) is -0.980. The molecule has 6 heteroatoms. The Balaban J connectivity index is 1.45. The van der Waals surface area contributed by atoms with Gasteiger partial charge in [-0.1, -0.05) is 121 Å². The Labute approximate surface area is 236 Å². The van der Waals surface area contributed by atoms with Gasteiger partial charge in [0.05, 0.1) is 19.3 Å². The van der Waals surface area contributed by atoms with Crippen LogP contribution in [0.1, 0.15) is 29.2 Å². The Hall–Kier alpha value is -3.97. The smallest absolute Gasteiger partial charge is 0.407 e. The molecular weight excluding hydrogens is 500 g/mol. The quantitative estimate of drug-likeness (QED) is 0.239. The molecule has 0 saturated carbocycles. The summed E-state index contributed by atoms with van der Waals surface area (Å²) in [5.74, 6) is 0. The molecule has 1 heterocycles. The van der Waals surface area contributed by atoms with Crippen LogP contribution < -0.4 is 5.32 Å². The first kappa shape index (κ1) is 27.6. The normalized spacial score (nSPS) is 17.8. The van der Waals surface area contributed by atoms with Crippen LogP contribution in [0.3, 0.4) is 0 Å². The van der Waals surface area contributed by atoms with E-state index in [2.05, 4.69) is 58.7 Å². The molecule has 0 aliphatic carbocycles. The zero-order valence-corrected chi connectivity index (χ0v) is 22.7. The van der Waals surface area contributed by atoms with Crippen LogP contribution in [0, 0.1) is 0 Å². The minimum Gasteiger partial charge on any atom is -0.442 e. The molecule has 0 spiro atoms. The molecule has 2 N–H and O–H groups in total. The van der Waals surface area contributed by atoms with E-state index < -0.39 is 17.8 Å². The number of carbonyl (C=O) groups is 1. The van der Waals surface area contributed by atoms with Crippen LogP contribution in [0.15, 0.2) is 121 Å². The monoisotopic (exact) mass is 536 g/mol. The number of benzene rings is 4. The van der Waals surface area contributed by atoms with Gasteiger partial charge in [0.15, 0.2) is 0 Å². The highest BCUT2D eigenvalue weighted by Crippen LogP contribution is 2.40. The SMILES string of the molecule is C[C@H](CO)N(Cc1ccccc1)C[C@H]1NC(=O)O[C@@H]1COC(c1ccccc1)(c1ccccc1)c1ccccc1. The first-order valence-corrected chi connectivity index (χ1v) is 13.8. The van der Waals surface area contributed by atoms with Gasteiger partial charge in [0.1, 0.15) is 11.7 Å². The Kier molecular flexibility index (Phi) is 8.91. The molecule has 5 rings (SSSR count). The second-order valence-corrected chi connectivity index (χ2v) is 10.2. The molecule has 1 aliphatic heterocycles. The molecule has 1 fully saturated rings.